The van der Waals surface area contributed by atoms with Gasteiger partial charge in [0.05, 0.1) is 32.8 Å². The van der Waals surface area contributed by atoms with Crippen LogP contribution in [0.1, 0.15) is 15.4 Å². The van der Waals surface area contributed by atoms with Gasteiger partial charge in [-0.3, -0.25) is 9.56 Å². The molecule has 0 saturated carbocycles. The van der Waals surface area contributed by atoms with Gasteiger partial charge in [0.25, 0.3) is 0 Å². The van der Waals surface area contributed by atoms with E-state index in [0.717, 1.165) is 32.2 Å². The normalized spacial score (nSPS) is 12.5. The van der Waals surface area contributed by atoms with E-state index >= 15 is 0 Å². The standard InChI is InChI=1S/C20H17ClN4OS2/c1-11-4-5-13(8-15(11)21)22-10-18-19(26)25(3)20(28-18)24-14-6-7-16-17(9-14)27-12(2)23-16/h4-10,26H,1-3H3. The van der Waals surface area contributed by atoms with Crippen LogP contribution in [0.3, 0.4) is 0 Å². The van der Waals surface area contributed by atoms with Crippen LogP contribution in [0.15, 0.2) is 46.4 Å². The molecule has 0 aliphatic heterocycles. The van der Waals surface area contributed by atoms with Crippen molar-refractivity contribution < 1.29 is 5.11 Å². The van der Waals surface area contributed by atoms with Crippen LogP contribution in [0.4, 0.5) is 11.4 Å². The molecule has 1 N–H and O–H groups in total. The summed E-state index contributed by atoms with van der Waals surface area (Å²) in [6.07, 6.45) is 1.63. The zero-order chi connectivity index (χ0) is 19.8. The molecule has 28 heavy (non-hydrogen) atoms. The fourth-order valence-electron chi connectivity index (χ4n) is 2.65. The average Bonchev–Trinajstić information content (AvgIpc) is 3.16. The molecule has 2 aromatic heterocycles. The van der Waals surface area contributed by atoms with Crippen LogP contribution < -0.4 is 4.80 Å². The molecule has 0 atom stereocenters. The van der Waals surface area contributed by atoms with Crippen molar-refractivity contribution in [3.8, 4) is 5.88 Å². The summed E-state index contributed by atoms with van der Waals surface area (Å²) in [5.74, 6) is 0.125. The number of nitrogens with zero attached hydrogens (tertiary/aromatic N) is 4. The second-order valence-electron chi connectivity index (χ2n) is 6.32. The lowest BCUT2D eigenvalue weighted by Crippen LogP contribution is -2.08. The van der Waals surface area contributed by atoms with E-state index in [-0.39, 0.29) is 5.88 Å². The highest BCUT2D eigenvalue weighted by Crippen LogP contribution is 2.27. The molecule has 4 aromatic rings. The molecule has 142 valence electrons. The van der Waals surface area contributed by atoms with Crippen LogP contribution in [0.5, 0.6) is 5.88 Å². The van der Waals surface area contributed by atoms with Gasteiger partial charge in [0.2, 0.25) is 5.88 Å². The Labute approximate surface area is 175 Å². The number of benzene rings is 2. The predicted molar refractivity (Wildman–Crippen MR) is 118 cm³/mol. The molecule has 0 aliphatic rings. The highest BCUT2D eigenvalue weighted by Gasteiger charge is 2.09. The molecule has 0 fully saturated rings. The number of fused-ring (bicyclic) bond motifs is 1. The topological polar surface area (TPSA) is 62.8 Å². The van der Waals surface area contributed by atoms with E-state index < -0.39 is 0 Å². The molecule has 0 aliphatic carbocycles. The number of halogens is 1. The molecule has 5 nitrogen and oxygen atoms in total. The summed E-state index contributed by atoms with van der Waals surface area (Å²) in [7, 11) is 1.78. The second-order valence-corrected chi connectivity index (χ2v) is 8.97. The minimum atomic E-state index is 0.125. The van der Waals surface area contributed by atoms with E-state index in [0.29, 0.717) is 14.7 Å². The quantitative estimate of drug-likeness (QED) is 0.428. The maximum atomic E-state index is 10.4. The zero-order valence-electron chi connectivity index (χ0n) is 15.5. The van der Waals surface area contributed by atoms with Crippen LogP contribution in [0, 0.1) is 13.8 Å². The Hall–Kier alpha value is -2.48. The molecule has 0 saturated heterocycles. The van der Waals surface area contributed by atoms with Crippen molar-refractivity contribution in [3.63, 3.8) is 0 Å². The lowest BCUT2D eigenvalue weighted by molar-refractivity contribution is 0.428. The predicted octanol–water partition coefficient (Wildman–Crippen LogP) is 5.66. The molecule has 4 rings (SSSR count). The highest BCUT2D eigenvalue weighted by atomic mass is 35.5. The molecule has 2 aromatic carbocycles. The number of aromatic hydroxyl groups is 1. The van der Waals surface area contributed by atoms with Crippen molar-refractivity contribution in [2.24, 2.45) is 17.0 Å². The van der Waals surface area contributed by atoms with Gasteiger partial charge in [-0.1, -0.05) is 29.0 Å². The summed E-state index contributed by atoms with van der Waals surface area (Å²) in [6, 6.07) is 11.5. The van der Waals surface area contributed by atoms with Gasteiger partial charge in [-0.05, 0) is 49.7 Å². The highest BCUT2D eigenvalue weighted by molar-refractivity contribution is 7.18. The molecule has 8 heteroatoms. The van der Waals surface area contributed by atoms with E-state index in [4.69, 9.17) is 11.6 Å². The van der Waals surface area contributed by atoms with E-state index in [1.54, 1.807) is 35.2 Å². The number of hydrogen-bond donors (Lipinski definition) is 1. The summed E-state index contributed by atoms with van der Waals surface area (Å²) >= 11 is 9.16. The van der Waals surface area contributed by atoms with Crippen molar-refractivity contribution in [1.29, 1.82) is 0 Å². The fourth-order valence-corrected chi connectivity index (χ4v) is 4.59. The minimum Gasteiger partial charge on any atom is -0.493 e. The largest absolute Gasteiger partial charge is 0.493 e. The third kappa shape index (κ3) is 3.73. The lowest BCUT2D eigenvalue weighted by Gasteiger charge is -1.98. The third-order valence-electron chi connectivity index (χ3n) is 4.22. The number of hydrogen-bond acceptors (Lipinski definition) is 6. The number of rotatable bonds is 3. The van der Waals surface area contributed by atoms with Crippen molar-refractivity contribution in [2.75, 3.05) is 0 Å². The SMILES string of the molecule is Cc1nc2ccc(N=c3sc(C=Nc4ccc(C)c(Cl)c4)c(O)n3C)cc2s1. The van der Waals surface area contributed by atoms with Gasteiger partial charge in [-0.25, -0.2) is 9.98 Å². The van der Waals surface area contributed by atoms with Crippen LogP contribution >= 0.6 is 34.3 Å². The van der Waals surface area contributed by atoms with E-state index in [1.165, 1.54) is 11.3 Å². The number of aryl methyl sites for hydroxylation is 2. The van der Waals surface area contributed by atoms with E-state index in [1.807, 2.05) is 44.2 Å². The van der Waals surface area contributed by atoms with Crippen molar-refractivity contribution in [1.82, 2.24) is 9.55 Å². The third-order valence-corrected chi connectivity index (χ3v) is 6.61. The summed E-state index contributed by atoms with van der Waals surface area (Å²) in [4.78, 5) is 14.9. The van der Waals surface area contributed by atoms with Crippen molar-refractivity contribution in [2.45, 2.75) is 13.8 Å². The Morgan fingerprint density at radius 3 is 2.68 bits per heavy atom. The van der Waals surface area contributed by atoms with Gasteiger partial charge in [0, 0.05) is 12.1 Å². The molecule has 0 amide bonds. The van der Waals surface area contributed by atoms with Crippen LogP contribution in [0.2, 0.25) is 5.02 Å². The first-order chi connectivity index (χ1) is 13.4. The monoisotopic (exact) mass is 428 g/mol. The Bertz CT molecular complexity index is 1280. The van der Waals surface area contributed by atoms with Gasteiger partial charge in [0.1, 0.15) is 4.88 Å². The first kappa shape index (κ1) is 18.9. The number of thiazole rings is 2. The molecule has 0 unspecified atom stereocenters. The van der Waals surface area contributed by atoms with Crippen molar-refractivity contribution >= 4 is 62.1 Å². The number of aromatic nitrogens is 2. The van der Waals surface area contributed by atoms with E-state index in [2.05, 4.69) is 15.0 Å². The van der Waals surface area contributed by atoms with Gasteiger partial charge in [-0.15, -0.1) is 11.3 Å². The summed E-state index contributed by atoms with van der Waals surface area (Å²) < 4.78 is 2.75. The summed E-state index contributed by atoms with van der Waals surface area (Å²) in [5.41, 5.74) is 3.53. The molecular formula is C20H17ClN4OS2. The van der Waals surface area contributed by atoms with Crippen LogP contribution in [-0.4, -0.2) is 20.9 Å². The van der Waals surface area contributed by atoms with Crippen LogP contribution in [0.25, 0.3) is 10.2 Å². The lowest BCUT2D eigenvalue weighted by atomic mass is 10.2. The fraction of sp³-hybridized carbons (Fsp3) is 0.150. The first-order valence-corrected chi connectivity index (χ1v) is 10.5. The summed E-state index contributed by atoms with van der Waals surface area (Å²) in [5, 5.41) is 12.1. The molecular weight excluding hydrogens is 412 g/mol. The smallest absolute Gasteiger partial charge is 0.212 e. The van der Waals surface area contributed by atoms with Crippen molar-refractivity contribution in [3.05, 3.63) is 61.7 Å². The van der Waals surface area contributed by atoms with Gasteiger partial charge >= 0.3 is 0 Å². The Balaban J connectivity index is 1.69. The Morgan fingerprint density at radius 1 is 1.11 bits per heavy atom. The summed E-state index contributed by atoms with van der Waals surface area (Å²) in [6.45, 7) is 3.94. The van der Waals surface area contributed by atoms with Gasteiger partial charge < -0.3 is 5.11 Å². The molecule has 0 bridgehead atoms. The molecule has 2 heterocycles. The van der Waals surface area contributed by atoms with Gasteiger partial charge in [-0.2, -0.15) is 0 Å². The van der Waals surface area contributed by atoms with Gasteiger partial charge in [0.15, 0.2) is 4.80 Å². The average molecular weight is 429 g/mol. The maximum absolute atomic E-state index is 10.4. The zero-order valence-corrected chi connectivity index (χ0v) is 17.9. The first-order valence-electron chi connectivity index (χ1n) is 8.51. The minimum absolute atomic E-state index is 0.125. The maximum Gasteiger partial charge on any atom is 0.212 e. The molecule has 0 spiro atoms. The molecule has 0 radical (unpaired) electrons. The Morgan fingerprint density at radius 2 is 1.89 bits per heavy atom. The second kappa shape index (κ2) is 7.50. The Kier molecular flexibility index (Phi) is 5.05. The van der Waals surface area contributed by atoms with Crippen LogP contribution in [-0.2, 0) is 7.05 Å². The van der Waals surface area contributed by atoms with E-state index in [9.17, 15) is 5.11 Å². The number of aliphatic imine (C=N–C) groups is 1.